The fourth-order valence-electron chi connectivity index (χ4n) is 3.72. The van der Waals surface area contributed by atoms with E-state index in [2.05, 4.69) is 22.3 Å². The van der Waals surface area contributed by atoms with Gasteiger partial charge in [0.25, 0.3) is 0 Å². The van der Waals surface area contributed by atoms with E-state index >= 15 is 0 Å². The Morgan fingerprint density at radius 2 is 1.58 bits per heavy atom. The van der Waals surface area contributed by atoms with Crippen molar-refractivity contribution in [2.75, 3.05) is 26.2 Å². The molecule has 0 aromatic heterocycles. The number of hydrogen-bond acceptors (Lipinski definition) is 4. The number of carbonyl (C=O) groups excluding carboxylic acids is 2. The molecule has 1 unspecified atom stereocenters. The number of nitrogens with one attached hydrogen (secondary N) is 1. The molecule has 0 saturated carbocycles. The monoisotopic (exact) mass is 423 g/mol. The summed E-state index contributed by atoms with van der Waals surface area (Å²) in [7, 11) is 0. The Bertz CT molecular complexity index is 849. The molecular formula is C25H33N3O3. The van der Waals surface area contributed by atoms with Gasteiger partial charge in [0.2, 0.25) is 5.91 Å². The molecule has 0 spiro atoms. The van der Waals surface area contributed by atoms with E-state index in [1.165, 1.54) is 5.56 Å². The second-order valence-corrected chi connectivity index (χ2v) is 9.01. The Hall–Kier alpha value is -2.86. The number of hydrogen-bond donors (Lipinski definition) is 1. The van der Waals surface area contributed by atoms with Crippen molar-refractivity contribution in [1.29, 1.82) is 0 Å². The minimum atomic E-state index is -0.556. The number of ether oxygens (including phenoxy) is 1. The van der Waals surface area contributed by atoms with Gasteiger partial charge in [-0.2, -0.15) is 0 Å². The molecule has 1 N–H and O–H groups in total. The molecule has 6 nitrogen and oxygen atoms in total. The standard InChI is InChI=1S/C25H33N3O3/c1-25(2,3)31-24(30)28-15-14-27(18-21-12-8-5-9-13-21)19-22(28)17-26-23(29)16-20-10-6-4-7-11-20/h4-13,22H,14-19H2,1-3H3,(H,26,29). The van der Waals surface area contributed by atoms with Crippen LogP contribution < -0.4 is 5.32 Å². The minimum absolute atomic E-state index is 0.0458. The third-order valence-corrected chi connectivity index (χ3v) is 5.19. The molecule has 0 bridgehead atoms. The number of amides is 2. The molecule has 0 aliphatic carbocycles. The van der Waals surface area contributed by atoms with E-state index in [4.69, 9.17) is 4.74 Å². The average molecular weight is 424 g/mol. The van der Waals surface area contributed by atoms with Gasteiger partial charge in [-0.25, -0.2) is 4.79 Å². The largest absolute Gasteiger partial charge is 0.444 e. The molecule has 166 valence electrons. The van der Waals surface area contributed by atoms with E-state index in [1.54, 1.807) is 4.90 Å². The molecule has 31 heavy (non-hydrogen) atoms. The number of benzene rings is 2. The molecule has 3 rings (SSSR count). The van der Waals surface area contributed by atoms with Gasteiger partial charge in [0.05, 0.1) is 12.5 Å². The number of rotatable bonds is 6. The van der Waals surface area contributed by atoms with E-state index in [-0.39, 0.29) is 18.0 Å². The Balaban J connectivity index is 1.63. The van der Waals surface area contributed by atoms with Gasteiger partial charge in [0.1, 0.15) is 5.60 Å². The van der Waals surface area contributed by atoms with E-state index < -0.39 is 5.60 Å². The minimum Gasteiger partial charge on any atom is -0.444 e. The van der Waals surface area contributed by atoms with Gasteiger partial charge < -0.3 is 15.0 Å². The van der Waals surface area contributed by atoms with Crippen molar-refractivity contribution >= 4 is 12.0 Å². The molecule has 2 amide bonds. The van der Waals surface area contributed by atoms with Gasteiger partial charge in [-0.05, 0) is 31.9 Å². The Morgan fingerprint density at radius 1 is 0.968 bits per heavy atom. The van der Waals surface area contributed by atoms with Gasteiger partial charge in [-0.3, -0.25) is 9.69 Å². The average Bonchev–Trinajstić information content (AvgIpc) is 2.72. The van der Waals surface area contributed by atoms with Gasteiger partial charge in [-0.15, -0.1) is 0 Å². The van der Waals surface area contributed by atoms with Crippen LogP contribution in [0, 0.1) is 0 Å². The third kappa shape index (κ3) is 7.40. The lowest BCUT2D eigenvalue weighted by Gasteiger charge is -2.41. The van der Waals surface area contributed by atoms with Crippen LogP contribution in [0.2, 0.25) is 0 Å². The van der Waals surface area contributed by atoms with E-state index in [9.17, 15) is 9.59 Å². The van der Waals surface area contributed by atoms with Crippen LogP contribution in [0.3, 0.4) is 0 Å². The summed E-state index contributed by atoms with van der Waals surface area (Å²) in [5.41, 5.74) is 1.65. The molecule has 1 atom stereocenters. The Morgan fingerprint density at radius 3 is 2.19 bits per heavy atom. The van der Waals surface area contributed by atoms with Gasteiger partial charge in [0.15, 0.2) is 0 Å². The summed E-state index contributed by atoms with van der Waals surface area (Å²) in [6.45, 7) is 8.84. The smallest absolute Gasteiger partial charge is 0.410 e. The zero-order valence-electron chi connectivity index (χ0n) is 18.7. The molecular weight excluding hydrogens is 390 g/mol. The van der Waals surface area contributed by atoms with Crippen LogP contribution in [-0.4, -0.2) is 59.6 Å². The summed E-state index contributed by atoms with van der Waals surface area (Å²) in [5.74, 6) is -0.0458. The first-order chi connectivity index (χ1) is 14.8. The van der Waals surface area contributed by atoms with Crippen molar-refractivity contribution in [2.45, 2.75) is 45.4 Å². The molecule has 2 aromatic rings. The lowest BCUT2D eigenvalue weighted by Crippen LogP contribution is -2.59. The molecule has 1 saturated heterocycles. The quantitative estimate of drug-likeness (QED) is 0.773. The topological polar surface area (TPSA) is 61.9 Å². The lowest BCUT2D eigenvalue weighted by atomic mass is 10.1. The molecule has 1 fully saturated rings. The van der Waals surface area contributed by atoms with E-state index in [0.29, 0.717) is 26.1 Å². The highest BCUT2D eigenvalue weighted by Gasteiger charge is 2.33. The first-order valence-corrected chi connectivity index (χ1v) is 10.9. The van der Waals surface area contributed by atoms with Crippen LogP contribution >= 0.6 is 0 Å². The second-order valence-electron chi connectivity index (χ2n) is 9.01. The molecule has 1 aliphatic rings. The fraction of sp³-hybridized carbons (Fsp3) is 0.440. The third-order valence-electron chi connectivity index (χ3n) is 5.19. The van der Waals surface area contributed by atoms with Crippen LogP contribution in [0.4, 0.5) is 4.79 Å². The zero-order valence-corrected chi connectivity index (χ0v) is 18.7. The van der Waals surface area contributed by atoms with Crippen molar-refractivity contribution in [1.82, 2.24) is 15.1 Å². The van der Waals surface area contributed by atoms with Gasteiger partial charge in [-0.1, -0.05) is 60.7 Å². The van der Waals surface area contributed by atoms with Crippen LogP contribution in [0.5, 0.6) is 0 Å². The maximum atomic E-state index is 12.8. The van der Waals surface area contributed by atoms with Crippen molar-refractivity contribution in [3.05, 3.63) is 71.8 Å². The predicted molar refractivity (Wildman–Crippen MR) is 122 cm³/mol. The lowest BCUT2D eigenvalue weighted by molar-refractivity contribution is -0.120. The van der Waals surface area contributed by atoms with Crippen LogP contribution in [-0.2, 0) is 22.5 Å². The second kappa shape index (κ2) is 10.4. The highest BCUT2D eigenvalue weighted by molar-refractivity contribution is 5.78. The fourth-order valence-corrected chi connectivity index (χ4v) is 3.72. The van der Waals surface area contributed by atoms with Crippen molar-refractivity contribution in [3.63, 3.8) is 0 Å². The van der Waals surface area contributed by atoms with Crippen molar-refractivity contribution < 1.29 is 14.3 Å². The summed E-state index contributed by atoms with van der Waals surface area (Å²) in [4.78, 5) is 29.4. The summed E-state index contributed by atoms with van der Waals surface area (Å²) in [6, 6.07) is 19.8. The summed E-state index contributed by atoms with van der Waals surface area (Å²) < 4.78 is 5.62. The van der Waals surface area contributed by atoms with Crippen molar-refractivity contribution in [3.8, 4) is 0 Å². The molecule has 6 heteroatoms. The van der Waals surface area contributed by atoms with Gasteiger partial charge >= 0.3 is 6.09 Å². The number of carbonyl (C=O) groups is 2. The first-order valence-electron chi connectivity index (χ1n) is 10.9. The highest BCUT2D eigenvalue weighted by Crippen LogP contribution is 2.17. The molecule has 1 heterocycles. The molecule has 0 radical (unpaired) electrons. The summed E-state index contributed by atoms with van der Waals surface area (Å²) >= 11 is 0. The molecule has 1 aliphatic heterocycles. The van der Waals surface area contributed by atoms with Gasteiger partial charge in [0, 0.05) is 32.7 Å². The zero-order chi connectivity index (χ0) is 22.3. The Kier molecular flexibility index (Phi) is 7.69. The normalized spacial score (nSPS) is 17.3. The number of piperazine rings is 1. The maximum Gasteiger partial charge on any atom is 0.410 e. The van der Waals surface area contributed by atoms with Crippen LogP contribution in [0.15, 0.2) is 60.7 Å². The summed E-state index contributed by atoms with van der Waals surface area (Å²) in [6.07, 6.45) is 0.00227. The van der Waals surface area contributed by atoms with Crippen molar-refractivity contribution in [2.24, 2.45) is 0 Å². The SMILES string of the molecule is CC(C)(C)OC(=O)N1CCN(Cc2ccccc2)CC1CNC(=O)Cc1ccccc1. The van der Waals surface area contributed by atoms with Crippen LogP contribution in [0.1, 0.15) is 31.9 Å². The maximum absolute atomic E-state index is 12.8. The van der Waals surface area contributed by atoms with E-state index in [1.807, 2.05) is 69.3 Å². The highest BCUT2D eigenvalue weighted by atomic mass is 16.6. The molecule has 2 aromatic carbocycles. The summed E-state index contributed by atoms with van der Waals surface area (Å²) in [5, 5.41) is 3.02. The number of nitrogens with zero attached hydrogens (tertiary/aromatic N) is 2. The predicted octanol–water partition coefficient (Wildman–Crippen LogP) is 3.47. The van der Waals surface area contributed by atoms with Crippen LogP contribution in [0.25, 0.3) is 0 Å². The van der Waals surface area contributed by atoms with E-state index in [0.717, 1.165) is 18.7 Å². The Labute approximate surface area is 185 Å². The first kappa shape index (κ1) is 22.8.